The van der Waals surface area contributed by atoms with Gasteiger partial charge in [-0.05, 0) is 31.5 Å². The molecule has 0 saturated heterocycles. The molecule has 1 aromatic heterocycles. The first kappa shape index (κ1) is 14.0. The van der Waals surface area contributed by atoms with Gasteiger partial charge < -0.3 is 9.72 Å². The number of nitrogens with one attached hydrogen (secondary N) is 1. The van der Waals surface area contributed by atoms with E-state index < -0.39 is 0 Å². The zero-order valence-electron chi connectivity index (χ0n) is 12.2. The third-order valence-electron chi connectivity index (χ3n) is 3.30. The molecule has 0 radical (unpaired) electrons. The van der Waals surface area contributed by atoms with Crippen molar-refractivity contribution in [3.8, 4) is 5.75 Å². The Balaban J connectivity index is 1.81. The number of benzene rings is 2. The lowest BCUT2D eigenvalue weighted by atomic mass is 10.2. The third-order valence-corrected chi connectivity index (χ3v) is 4.34. The van der Waals surface area contributed by atoms with Crippen molar-refractivity contribution in [1.82, 2.24) is 9.97 Å². The van der Waals surface area contributed by atoms with Gasteiger partial charge in [0.25, 0.3) is 0 Å². The van der Waals surface area contributed by atoms with Crippen molar-refractivity contribution in [1.29, 1.82) is 0 Å². The molecule has 0 unspecified atom stereocenters. The Morgan fingerprint density at radius 3 is 2.76 bits per heavy atom. The Kier molecular flexibility index (Phi) is 4.15. The number of rotatable bonds is 5. The summed E-state index contributed by atoms with van der Waals surface area (Å²) >= 11 is 1.73. The van der Waals surface area contributed by atoms with Gasteiger partial charge in [-0.25, -0.2) is 4.98 Å². The summed E-state index contributed by atoms with van der Waals surface area (Å²) in [6, 6.07) is 16.4. The minimum Gasteiger partial charge on any atom is -0.494 e. The number of fused-ring (bicyclic) bond motifs is 1. The highest BCUT2D eigenvalue weighted by molar-refractivity contribution is 7.99. The van der Waals surface area contributed by atoms with Gasteiger partial charge in [0.05, 0.1) is 17.6 Å². The van der Waals surface area contributed by atoms with E-state index in [1.165, 1.54) is 5.56 Å². The van der Waals surface area contributed by atoms with Crippen LogP contribution in [-0.2, 0) is 0 Å². The number of aromatic amines is 1. The average molecular weight is 298 g/mol. The molecule has 0 amide bonds. The van der Waals surface area contributed by atoms with Crippen LogP contribution in [-0.4, -0.2) is 16.6 Å². The molecule has 3 aromatic rings. The van der Waals surface area contributed by atoms with Crippen molar-refractivity contribution >= 4 is 22.8 Å². The number of aromatic nitrogens is 2. The molecule has 2 aromatic carbocycles. The highest BCUT2D eigenvalue weighted by atomic mass is 32.2. The van der Waals surface area contributed by atoms with Gasteiger partial charge in [0, 0.05) is 11.3 Å². The van der Waals surface area contributed by atoms with Crippen LogP contribution in [0.3, 0.4) is 0 Å². The summed E-state index contributed by atoms with van der Waals surface area (Å²) in [5, 5.41) is 1.30. The van der Waals surface area contributed by atoms with E-state index in [2.05, 4.69) is 41.2 Å². The molecule has 0 aliphatic heterocycles. The molecule has 0 spiro atoms. The van der Waals surface area contributed by atoms with E-state index in [0.717, 1.165) is 21.9 Å². The summed E-state index contributed by atoms with van der Waals surface area (Å²) < 4.78 is 5.52. The average Bonchev–Trinajstić information content (AvgIpc) is 2.90. The van der Waals surface area contributed by atoms with Crippen LogP contribution in [0, 0.1) is 0 Å². The van der Waals surface area contributed by atoms with Crippen molar-refractivity contribution < 1.29 is 4.74 Å². The summed E-state index contributed by atoms with van der Waals surface area (Å²) in [5.41, 5.74) is 3.29. The number of hydrogen-bond donors (Lipinski definition) is 1. The lowest BCUT2D eigenvalue weighted by Gasteiger charge is -2.08. The molecule has 0 bridgehead atoms. The summed E-state index contributed by atoms with van der Waals surface area (Å²) in [5.74, 6) is 0.876. The fourth-order valence-electron chi connectivity index (χ4n) is 2.24. The first-order chi connectivity index (χ1) is 10.3. The Morgan fingerprint density at radius 1 is 1.19 bits per heavy atom. The summed E-state index contributed by atoms with van der Waals surface area (Å²) in [7, 11) is 0. The van der Waals surface area contributed by atoms with Crippen LogP contribution in [0.2, 0.25) is 0 Å². The molecule has 3 nitrogen and oxygen atoms in total. The second kappa shape index (κ2) is 6.22. The van der Waals surface area contributed by atoms with Gasteiger partial charge in [-0.2, -0.15) is 0 Å². The number of thioether (sulfide) groups is 1. The molecule has 0 aliphatic rings. The summed E-state index contributed by atoms with van der Waals surface area (Å²) in [4.78, 5) is 8.00. The number of ether oxygens (including phenoxy) is 1. The van der Waals surface area contributed by atoms with E-state index in [1.807, 2.05) is 31.2 Å². The quantitative estimate of drug-likeness (QED) is 0.687. The third kappa shape index (κ3) is 3.22. The van der Waals surface area contributed by atoms with E-state index >= 15 is 0 Å². The van der Waals surface area contributed by atoms with Crippen molar-refractivity contribution in [2.75, 3.05) is 6.61 Å². The highest BCUT2D eigenvalue weighted by Crippen LogP contribution is 2.34. The van der Waals surface area contributed by atoms with Gasteiger partial charge in [0.2, 0.25) is 0 Å². The lowest BCUT2D eigenvalue weighted by Crippen LogP contribution is -1.90. The van der Waals surface area contributed by atoms with Crippen LogP contribution in [0.15, 0.2) is 53.7 Å². The normalized spacial score (nSPS) is 12.5. The summed E-state index contributed by atoms with van der Waals surface area (Å²) in [6.45, 7) is 4.85. The molecular weight excluding hydrogens is 280 g/mol. The molecule has 3 rings (SSSR count). The minimum absolute atomic E-state index is 0.359. The second-order valence-electron chi connectivity index (χ2n) is 4.82. The van der Waals surface area contributed by atoms with Crippen LogP contribution in [0.25, 0.3) is 11.0 Å². The van der Waals surface area contributed by atoms with Gasteiger partial charge in [-0.1, -0.05) is 42.1 Å². The van der Waals surface area contributed by atoms with Gasteiger partial charge in [-0.3, -0.25) is 0 Å². The predicted octanol–water partition coefficient (Wildman–Crippen LogP) is 4.81. The zero-order valence-corrected chi connectivity index (χ0v) is 13.0. The van der Waals surface area contributed by atoms with Crippen molar-refractivity contribution in [2.24, 2.45) is 0 Å². The molecule has 21 heavy (non-hydrogen) atoms. The highest BCUT2D eigenvalue weighted by Gasteiger charge is 2.11. The maximum Gasteiger partial charge on any atom is 0.166 e. The molecule has 0 fully saturated rings. The number of imidazole rings is 1. The van der Waals surface area contributed by atoms with Crippen molar-refractivity contribution in [3.05, 3.63) is 54.1 Å². The predicted molar refractivity (Wildman–Crippen MR) is 88.0 cm³/mol. The molecule has 108 valence electrons. The largest absolute Gasteiger partial charge is 0.494 e. The summed E-state index contributed by atoms with van der Waals surface area (Å²) in [6.07, 6.45) is 0. The number of nitrogens with zero attached hydrogens (tertiary/aromatic N) is 1. The second-order valence-corrected chi connectivity index (χ2v) is 6.15. The Hall–Kier alpha value is -1.94. The van der Waals surface area contributed by atoms with E-state index in [-0.39, 0.29) is 0 Å². The van der Waals surface area contributed by atoms with Crippen LogP contribution in [0.5, 0.6) is 5.75 Å². The minimum atomic E-state index is 0.359. The van der Waals surface area contributed by atoms with Gasteiger partial charge >= 0.3 is 0 Å². The Morgan fingerprint density at radius 2 is 2.00 bits per heavy atom. The number of H-pyrrole nitrogens is 1. The number of hydrogen-bond acceptors (Lipinski definition) is 3. The molecule has 4 heteroatoms. The van der Waals surface area contributed by atoms with Gasteiger partial charge in [0.15, 0.2) is 5.16 Å². The standard InChI is InChI=1S/C17H18N2OS/c1-3-20-14-9-10-15-16(11-14)19-17(18-15)21-12(2)13-7-5-4-6-8-13/h4-12H,3H2,1-2H3,(H,18,19)/t12-/m0/s1. The maximum absolute atomic E-state index is 5.52. The maximum atomic E-state index is 5.52. The van der Waals surface area contributed by atoms with E-state index in [0.29, 0.717) is 11.9 Å². The van der Waals surface area contributed by atoms with Crippen LogP contribution < -0.4 is 4.74 Å². The SMILES string of the molecule is CCOc1ccc2nc(S[C@@H](C)c3ccccc3)[nH]c2c1. The fraction of sp³-hybridized carbons (Fsp3) is 0.235. The molecule has 1 N–H and O–H groups in total. The monoisotopic (exact) mass is 298 g/mol. The Labute approximate surface area is 128 Å². The smallest absolute Gasteiger partial charge is 0.166 e. The Bertz CT molecular complexity index is 724. The molecule has 0 aliphatic carbocycles. The lowest BCUT2D eigenvalue weighted by molar-refractivity contribution is 0.340. The van der Waals surface area contributed by atoms with E-state index in [9.17, 15) is 0 Å². The van der Waals surface area contributed by atoms with Crippen molar-refractivity contribution in [3.63, 3.8) is 0 Å². The van der Waals surface area contributed by atoms with Crippen LogP contribution in [0.4, 0.5) is 0 Å². The molecular formula is C17H18N2OS. The zero-order chi connectivity index (χ0) is 14.7. The molecule has 1 heterocycles. The molecule has 0 saturated carbocycles. The van der Waals surface area contributed by atoms with Crippen LogP contribution in [0.1, 0.15) is 24.7 Å². The van der Waals surface area contributed by atoms with Gasteiger partial charge in [-0.15, -0.1) is 0 Å². The van der Waals surface area contributed by atoms with E-state index in [4.69, 9.17) is 4.74 Å². The van der Waals surface area contributed by atoms with E-state index in [1.54, 1.807) is 11.8 Å². The first-order valence-corrected chi connectivity index (χ1v) is 7.98. The fourth-order valence-corrected chi connectivity index (χ4v) is 3.19. The van der Waals surface area contributed by atoms with Gasteiger partial charge in [0.1, 0.15) is 5.75 Å². The topological polar surface area (TPSA) is 37.9 Å². The molecule has 1 atom stereocenters. The first-order valence-electron chi connectivity index (χ1n) is 7.10. The van der Waals surface area contributed by atoms with Crippen LogP contribution >= 0.6 is 11.8 Å². The van der Waals surface area contributed by atoms with Crippen molar-refractivity contribution in [2.45, 2.75) is 24.3 Å².